The summed E-state index contributed by atoms with van der Waals surface area (Å²) in [6.45, 7) is 0.917. The van der Waals surface area contributed by atoms with E-state index in [2.05, 4.69) is 27.1 Å². The minimum Gasteiger partial charge on any atom is -0.487 e. The highest BCUT2D eigenvalue weighted by molar-refractivity contribution is 7.20. The standard InChI is InChI=1S/C24H20ClFN4OS.ClH/c1-30(2)10-4-7-19-13-21-23(32-19)24(28-15-27-21)29-18-8-9-22(20(25)12-18)31-14-16-5-3-6-17(26)11-16;/h3,5-6,8-9,11-13,15H,10,14H2,1-2H3,(H,27,28,29);1H. The molecule has 9 heteroatoms. The van der Waals surface area contributed by atoms with Crippen LogP contribution in [-0.4, -0.2) is 35.5 Å². The Morgan fingerprint density at radius 1 is 1.15 bits per heavy atom. The molecule has 0 bridgehead atoms. The summed E-state index contributed by atoms with van der Waals surface area (Å²) in [6, 6.07) is 13.6. The zero-order valence-electron chi connectivity index (χ0n) is 17.9. The van der Waals surface area contributed by atoms with Crippen molar-refractivity contribution in [2.45, 2.75) is 6.61 Å². The summed E-state index contributed by atoms with van der Waals surface area (Å²) in [7, 11) is 3.96. The van der Waals surface area contributed by atoms with Crippen LogP contribution in [0.2, 0.25) is 5.02 Å². The van der Waals surface area contributed by atoms with Gasteiger partial charge in [-0.25, -0.2) is 14.4 Å². The van der Waals surface area contributed by atoms with Crippen LogP contribution in [0, 0.1) is 17.7 Å². The Morgan fingerprint density at radius 3 is 2.76 bits per heavy atom. The van der Waals surface area contributed by atoms with E-state index in [4.69, 9.17) is 16.3 Å². The van der Waals surface area contributed by atoms with Crippen molar-refractivity contribution < 1.29 is 9.13 Å². The highest BCUT2D eigenvalue weighted by Gasteiger charge is 2.10. The molecule has 0 unspecified atom stereocenters. The van der Waals surface area contributed by atoms with Crippen molar-refractivity contribution in [2.75, 3.05) is 26.0 Å². The molecule has 0 aliphatic carbocycles. The van der Waals surface area contributed by atoms with E-state index < -0.39 is 0 Å². The van der Waals surface area contributed by atoms with Gasteiger partial charge in [0.1, 0.15) is 24.5 Å². The number of rotatable bonds is 6. The largest absolute Gasteiger partial charge is 0.487 e. The first-order valence-electron chi connectivity index (χ1n) is 9.80. The number of fused-ring (bicyclic) bond motifs is 1. The van der Waals surface area contributed by atoms with Crippen LogP contribution in [0.4, 0.5) is 15.9 Å². The number of halogens is 3. The number of ether oxygens (including phenoxy) is 1. The summed E-state index contributed by atoms with van der Waals surface area (Å²) >= 11 is 7.95. The molecule has 4 aromatic rings. The highest BCUT2D eigenvalue weighted by Crippen LogP contribution is 2.33. The molecule has 0 amide bonds. The molecule has 0 saturated heterocycles. The van der Waals surface area contributed by atoms with E-state index in [1.807, 2.05) is 31.1 Å². The van der Waals surface area contributed by atoms with E-state index in [9.17, 15) is 4.39 Å². The van der Waals surface area contributed by atoms with E-state index in [1.54, 1.807) is 35.6 Å². The third-order valence-corrected chi connectivity index (χ3v) is 5.74. The van der Waals surface area contributed by atoms with E-state index in [-0.39, 0.29) is 24.8 Å². The van der Waals surface area contributed by atoms with Gasteiger partial charge < -0.3 is 10.1 Å². The maximum absolute atomic E-state index is 13.3. The molecule has 0 atom stereocenters. The number of hydrogen-bond donors (Lipinski definition) is 1. The SMILES string of the molecule is CN(C)CC#Cc1cc2ncnc(Nc3ccc(OCc4cccc(F)c4)c(Cl)c3)c2s1.Cl. The predicted molar refractivity (Wildman–Crippen MR) is 136 cm³/mol. The second kappa shape index (κ2) is 11.3. The van der Waals surface area contributed by atoms with Gasteiger partial charge in [0.15, 0.2) is 5.82 Å². The van der Waals surface area contributed by atoms with Crippen LogP contribution < -0.4 is 10.1 Å². The van der Waals surface area contributed by atoms with Crippen LogP contribution in [0.15, 0.2) is 54.9 Å². The maximum Gasteiger partial charge on any atom is 0.151 e. The Balaban J connectivity index is 0.00000306. The lowest BCUT2D eigenvalue weighted by Crippen LogP contribution is -2.10. The van der Waals surface area contributed by atoms with Crippen molar-refractivity contribution in [1.82, 2.24) is 14.9 Å². The molecule has 0 aliphatic rings. The summed E-state index contributed by atoms with van der Waals surface area (Å²) in [5.41, 5.74) is 2.33. The molecule has 5 nitrogen and oxygen atoms in total. The molecular formula is C24H21Cl2FN4OS. The van der Waals surface area contributed by atoms with Crippen molar-refractivity contribution in [2.24, 2.45) is 0 Å². The Hall–Kier alpha value is -2.89. The van der Waals surface area contributed by atoms with Gasteiger partial charge in [-0.2, -0.15) is 0 Å². The van der Waals surface area contributed by atoms with Crippen molar-refractivity contribution in [3.8, 4) is 17.6 Å². The van der Waals surface area contributed by atoms with Crippen LogP contribution in [0.1, 0.15) is 10.4 Å². The molecule has 1 N–H and O–H groups in total. The molecule has 0 aliphatic heterocycles. The first-order valence-corrected chi connectivity index (χ1v) is 11.0. The van der Waals surface area contributed by atoms with Gasteiger partial charge in [0, 0.05) is 5.69 Å². The van der Waals surface area contributed by atoms with E-state index in [0.29, 0.717) is 23.1 Å². The molecule has 0 fully saturated rings. The predicted octanol–water partition coefficient (Wildman–Crippen LogP) is 6.14. The van der Waals surface area contributed by atoms with E-state index in [1.165, 1.54) is 18.5 Å². The maximum atomic E-state index is 13.3. The molecule has 33 heavy (non-hydrogen) atoms. The van der Waals surface area contributed by atoms with Gasteiger partial charge in [-0.3, -0.25) is 4.90 Å². The van der Waals surface area contributed by atoms with Gasteiger partial charge in [0.05, 0.1) is 26.7 Å². The number of nitrogens with one attached hydrogen (secondary N) is 1. The highest BCUT2D eigenvalue weighted by atomic mass is 35.5. The lowest BCUT2D eigenvalue weighted by Gasteiger charge is -2.11. The normalized spacial score (nSPS) is 10.5. The fraction of sp³-hybridized carbons (Fsp3) is 0.167. The summed E-state index contributed by atoms with van der Waals surface area (Å²) in [5, 5.41) is 3.74. The smallest absolute Gasteiger partial charge is 0.151 e. The number of thiophene rings is 1. The van der Waals surface area contributed by atoms with Crippen LogP contribution in [0.5, 0.6) is 5.75 Å². The number of nitrogens with zero attached hydrogens (tertiary/aromatic N) is 3. The summed E-state index contributed by atoms with van der Waals surface area (Å²) in [6.07, 6.45) is 1.52. The van der Waals surface area contributed by atoms with Crippen LogP contribution in [0.3, 0.4) is 0 Å². The number of aromatic nitrogens is 2. The minimum absolute atomic E-state index is 0. The summed E-state index contributed by atoms with van der Waals surface area (Å²) in [5.74, 6) is 7.22. The molecular weight excluding hydrogens is 482 g/mol. The second-order valence-electron chi connectivity index (χ2n) is 7.28. The van der Waals surface area contributed by atoms with Gasteiger partial charge in [-0.05, 0) is 56.1 Å². The summed E-state index contributed by atoms with van der Waals surface area (Å²) < 4.78 is 20.0. The molecule has 0 spiro atoms. The van der Waals surface area contributed by atoms with Crippen molar-refractivity contribution >= 4 is 57.1 Å². The fourth-order valence-corrected chi connectivity index (χ4v) is 4.08. The van der Waals surface area contributed by atoms with Gasteiger partial charge in [0.25, 0.3) is 0 Å². The van der Waals surface area contributed by atoms with Crippen molar-refractivity contribution in [1.29, 1.82) is 0 Å². The monoisotopic (exact) mass is 502 g/mol. The summed E-state index contributed by atoms with van der Waals surface area (Å²) in [4.78, 5) is 11.7. The molecule has 2 heterocycles. The molecule has 2 aromatic heterocycles. The van der Waals surface area contributed by atoms with Gasteiger partial charge >= 0.3 is 0 Å². The van der Waals surface area contributed by atoms with Gasteiger partial charge in [-0.1, -0.05) is 35.6 Å². The molecule has 170 valence electrons. The van der Waals surface area contributed by atoms with Crippen LogP contribution in [-0.2, 0) is 6.61 Å². The quantitative estimate of drug-likeness (QED) is 0.321. The number of benzene rings is 2. The van der Waals surface area contributed by atoms with Crippen LogP contribution >= 0.6 is 35.3 Å². The average Bonchev–Trinajstić information content (AvgIpc) is 3.17. The molecule has 0 radical (unpaired) electrons. The second-order valence-corrected chi connectivity index (χ2v) is 8.74. The molecule has 0 saturated carbocycles. The van der Waals surface area contributed by atoms with Gasteiger partial charge in [0.2, 0.25) is 0 Å². The first-order chi connectivity index (χ1) is 15.5. The zero-order valence-corrected chi connectivity index (χ0v) is 20.3. The Bertz CT molecular complexity index is 1320. The fourth-order valence-electron chi connectivity index (χ4n) is 2.91. The van der Waals surface area contributed by atoms with E-state index >= 15 is 0 Å². The third-order valence-electron chi connectivity index (χ3n) is 4.40. The van der Waals surface area contributed by atoms with E-state index in [0.717, 1.165) is 26.3 Å². The third kappa shape index (κ3) is 6.56. The minimum atomic E-state index is -0.298. The number of anilines is 2. The topological polar surface area (TPSA) is 50.3 Å². The molecule has 4 rings (SSSR count). The Morgan fingerprint density at radius 2 is 2.00 bits per heavy atom. The van der Waals surface area contributed by atoms with Crippen molar-refractivity contribution in [3.05, 3.63) is 76.1 Å². The Kier molecular flexibility index (Phi) is 8.48. The lowest BCUT2D eigenvalue weighted by molar-refractivity contribution is 0.306. The van der Waals surface area contributed by atoms with Crippen molar-refractivity contribution in [3.63, 3.8) is 0 Å². The lowest BCUT2D eigenvalue weighted by atomic mass is 10.2. The molecule has 2 aromatic carbocycles. The van der Waals surface area contributed by atoms with Crippen LogP contribution in [0.25, 0.3) is 10.2 Å². The van der Waals surface area contributed by atoms with Gasteiger partial charge in [-0.15, -0.1) is 23.7 Å². The zero-order chi connectivity index (χ0) is 22.5. The number of hydrogen-bond acceptors (Lipinski definition) is 6. The Labute approximate surface area is 207 Å². The average molecular weight is 503 g/mol. The first kappa shape index (κ1) is 24.7.